The van der Waals surface area contributed by atoms with Crippen molar-refractivity contribution >= 4 is 6.94 Å². The van der Waals surface area contributed by atoms with E-state index in [9.17, 15) is 0 Å². The van der Waals surface area contributed by atoms with Gasteiger partial charge < -0.3 is 0 Å². The Balaban J connectivity index is 2.80. The van der Waals surface area contributed by atoms with Crippen molar-refractivity contribution in [2.45, 2.75) is 13.1 Å². The fraction of sp³-hybridized carbons (Fsp3) is 1.00. The van der Waals surface area contributed by atoms with Gasteiger partial charge in [0.25, 0.3) is 0 Å². The molecule has 0 radical (unpaired) electrons. The molecule has 4 heavy (non-hydrogen) atoms. The van der Waals surface area contributed by atoms with Crippen LogP contribution >= 0.6 is 0 Å². The SMILES string of the molecule is C[Si](C)=[Fe]. The third-order valence-corrected chi connectivity index (χ3v) is 0. The average molecular weight is 114 g/mol. The molecule has 0 bridgehead atoms. The molecule has 0 aliphatic heterocycles. The van der Waals surface area contributed by atoms with Crippen molar-refractivity contribution in [3.63, 3.8) is 0 Å². The molecular formula is C2H6FeSi. The molecule has 0 unspecified atom stereocenters. The van der Waals surface area contributed by atoms with E-state index >= 15 is 0 Å². The molecule has 0 saturated heterocycles. The standard InChI is InChI=1S/C2H6Si.Fe/c1-3-2;/h1-2H3;. The molecule has 0 amide bonds. The van der Waals surface area contributed by atoms with E-state index in [1.807, 2.05) is 0 Å². The van der Waals surface area contributed by atoms with Gasteiger partial charge in [-0.05, 0) is 0 Å². The first-order chi connectivity index (χ1) is 1.73. The Morgan fingerprint density at radius 2 is 1.50 bits per heavy atom. The zero-order chi connectivity index (χ0) is 3.58. The molecule has 2 heteroatoms. The Morgan fingerprint density at radius 3 is 1.50 bits per heavy atom. The van der Waals surface area contributed by atoms with Crippen LogP contribution in [0, 0.1) is 0 Å². The molecule has 0 saturated carbocycles. The molecule has 0 N–H and O–H groups in total. The van der Waals surface area contributed by atoms with Crippen molar-refractivity contribution in [1.82, 2.24) is 0 Å². The first-order valence-electron chi connectivity index (χ1n) is 1.18. The van der Waals surface area contributed by atoms with E-state index in [-0.39, 0.29) is 6.94 Å². The average Bonchev–Trinajstić information content (AvgIpc) is 0.811. The van der Waals surface area contributed by atoms with Crippen molar-refractivity contribution in [3.8, 4) is 0 Å². The van der Waals surface area contributed by atoms with Crippen LogP contribution in [0.25, 0.3) is 0 Å². The Hall–Kier alpha value is 0.736. The number of hydrogen-bond acceptors (Lipinski definition) is 0. The van der Waals surface area contributed by atoms with Gasteiger partial charge >= 0.3 is 34.9 Å². The summed E-state index contributed by atoms with van der Waals surface area (Å²) < 4.78 is 0. The van der Waals surface area contributed by atoms with Crippen molar-refractivity contribution < 1.29 is 14.9 Å². The predicted octanol–water partition coefficient (Wildman–Crippen LogP) is 0.784. The first-order valence-corrected chi connectivity index (χ1v) is 5.19. The topological polar surface area (TPSA) is 0 Å². The minimum atomic E-state index is -0.130. The van der Waals surface area contributed by atoms with Gasteiger partial charge in [-0.3, -0.25) is 0 Å². The van der Waals surface area contributed by atoms with Gasteiger partial charge in [-0.1, -0.05) is 0 Å². The number of hydrogen-bond donors (Lipinski definition) is 0. The second kappa shape index (κ2) is 2.00. The van der Waals surface area contributed by atoms with Gasteiger partial charge in [0.05, 0.1) is 0 Å². The third-order valence-electron chi connectivity index (χ3n) is 0. The van der Waals surface area contributed by atoms with Crippen LogP contribution in [0.15, 0.2) is 0 Å². The van der Waals surface area contributed by atoms with Gasteiger partial charge in [-0.25, -0.2) is 0 Å². The van der Waals surface area contributed by atoms with Crippen molar-refractivity contribution in [2.24, 2.45) is 0 Å². The molecule has 0 aromatic heterocycles. The summed E-state index contributed by atoms with van der Waals surface area (Å²) >= 11 is 3.74. The summed E-state index contributed by atoms with van der Waals surface area (Å²) in [6, 6.07) is 0. The molecule has 0 atom stereocenters. The monoisotopic (exact) mass is 114 g/mol. The molecule has 26 valence electrons. The second-order valence-electron chi connectivity index (χ2n) is 0.854. The van der Waals surface area contributed by atoms with E-state index in [4.69, 9.17) is 0 Å². The molecule has 0 aliphatic carbocycles. The van der Waals surface area contributed by atoms with Crippen LogP contribution in [0.3, 0.4) is 0 Å². The van der Waals surface area contributed by atoms with E-state index in [1.54, 1.807) is 0 Å². The van der Waals surface area contributed by atoms with Crippen molar-refractivity contribution in [2.75, 3.05) is 0 Å². The maximum atomic E-state index is 3.74. The molecule has 0 heterocycles. The molecule has 0 aromatic rings. The van der Waals surface area contributed by atoms with E-state index < -0.39 is 0 Å². The van der Waals surface area contributed by atoms with Gasteiger partial charge in [0.1, 0.15) is 0 Å². The summed E-state index contributed by atoms with van der Waals surface area (Å²) in [5, 5.41) is 0. The second-order valence-corrected chi connectivity index (χ2v) is 5.87. The third kappa shape index (κ3) is 15.2. The van der Waals surface area contributed by atoms with Crippen LogP contribution in [0.5, 0.6) is 0 Å². The van der Waals surface area contributed by atoms with Crippen LogP contribution in [0.4, 0.5) is 0 Å². The Morgan fingerprint density at radius 1 is 1.50 bits per heavy atom. The fourth-order valence-corrected chi connectivity index (χ4v) is 0. The predicted molar refractivity (Wildman–Crippen MR) is 17.5 cm³/mol. The summed E-state index contributed by atoms with van der Waals surface area (Å²) in [6.07, 6.45) is 0. The number of rotatable bonds is 0. The minimum absolute atomic E-state index is 0.130. The quantitative estimate of drug-likeness (QED) is 0.408. The van der Waals surface area contributed by atoms with E-state index in [2.05, 4.69) is 28.0 Å². The Bertz CT molecular complexity index is 29.0. The van der Waals surface area contributed by atoms with Gasteiger partial charge in [-0.2, -0.15) is 0 Å². The van der Waals surface area contributed by atoms with Crippen LogP contribution in [-0.4, -0.2) is 6.94 Å². The summed E-state index contributed by atoms with van der Waals surface area (Å²) in [5.74, 6) is 0. The van der Waals surface area contributed by atoms with Crippen LogP contribution in [0.1, 0.15) is 0 Å². The summed E-state index contributed by atoms with van der Waals surface area (Å²) in [7, 11) is 0. The normalized spacial score (nSPS) is 6.75. The zero-order valence-corrected chi connectivity index (χ0v) is 4.96. The van der Waals surface area contributed by atoms with E-state index in [0.29, 0.717) is 0 Å². The van der Waals surface area contributed by atoms with Crippen LogP contribution < -0.4 is 0 Å². The first kappa shape index (κ1) is 4.74. The van der Waals surface area contributed by atoms with E-state index in [1.165, 1.54) is 0 Å². The zero-order valence-electron chi connectivity index (χ0n) is 2.85. The van der Waals surface area contributed by atoms with Gasteiger partial charge in [0, 0.05) is 0 Å². The summed E-state index contributed by atoms with van der Waals surface area (Å²) in [4.78, 5) is 0. The van der Waals surface area contributed by atoms with Crippen LogP contribution in [-0.2, 0) is 14.9 Å². The van der Waals surface area contributed by atoms with Gasteiger partial charge in [0.2, 0.25) is 0 Å². The molecule has 0 spiro atoms. The maximum absolute atomic E-state index is 3.74. The molecule has 0 rings (SSSR count). The van der Waals surface area contributed by atoms with Crippen LogP contribution in [0.2, 0.25) is 13.1 Å². The fourth-order valence-electron chi connectivity index (χ4n) is 0. The molecule has 0 aliphatic rings. The summed E-state index contributed by atoms with van der Waals surface area (Å²) in [5.41, 5.74) is 0. The molecular weight excluding hydrogens is 108 g/mol. The van der Waals surface area contributed by atoms with Crippen molar-refractivity contribution in [3.05, 3.63) is 0 Å². The van der Waals surface area contributed by atoms with Crippen molar-refractivity contribution in [1.29, 1.82) is 0 Å². The van der Waals surface area contributed by atoms with Gasteiger partial charge in [0.15, 0.2) is 0 Å². The van der Waals surface area contributed by atoms with Gasteiger partial charge in [-0.15, -0.1) is 0 Å². The molecule has 0 nitrogen and oxygen atoms in total. The Labute approximate surface area is 35.5 Å². The van der Waals surface area contributed by atoms with E-state index in [0.717, 1.165) is 0 Å². The molecule has 0 aromatic carbocycles. The Kier molecular flexibility index (Phi) is 2.37. The molecule has 0 fully saturated rings. The summed E-state index contributed by atoms with van der Waals surface area (Å²) in [6.45, 7) is 4.19.